The highest BCUT2D eigenvalue weighted by molar-refractivity contribution is 6.15. The molecule has 0 radical (unpaired) electrons. The van der Waals surface area contributed by atoms with Crippen LogP contribution in [0.4, 0.5) is 0 Å². The number of fused-ring (bicyclic) bond motifs is 6. The van der Waals surface area contributed by atoms with Crippen LogP contribution in [-0.4, -0.2) is 19.5 Å². The lowest BCUT2D eigenvalue weighted by atomic mass is 9.71. The van der Waals surface area contributed by atoms with Gasteiger partial charge in [-0.05, 0) is 80.4 Å². The Morgan fingerprint density at radius 1 is 0.339 bits per heavy atom. The van der Waals surface area contributed by atoms with Gasteiger partial charge >= 0.3 is 0 Å². The van der Waals surface area contributed by atoms with Gasteiger partial charge in [-0.15, -0.1) is 0 Å². The van der Waals surface area contributed by atoms with Gasteiger partial charge in [0, 0.05) is 27.6 Å². The lowest BCUT2D eigenvalue weighted by molar-refractivity contribution is 0.692. The smallest absolute Gasteiger partial charge is 0.163 e. The van der Waals surface area contributed by atoms with Crippen LogP contribution in [0.5, 0.6) is 0 Å². The molecular formula is C58H38N4. The molecule has 4 nitrogen and oxygen atoms in total. The fourth-order valence-electron chi connectivity index (χ4n) is 9.81. The molecule has 0 fully saturated rings. The number of benzene rings is 9. The van der Waals surface area contributed by atoms with E-state index in [-0.39, 0.29) is 0 Å². The molecule has 2 aromatic heterocycles. The molecule has 12 rings (SSSR count). The Balaban J connectivity index is 1.12. The average Bonchev–Trinajstić information content (AvgIpc) is 3.86. The minimum absolute atomic E-state index is 0.611. The van der Waals surface area contributed by atoms with E-state index in [4.69, 9.17) is 15.0 Å². The van der Waals surface area contributed by atoms with Crippen molar-refractivity contribution in [1.29, 1.82) is 0 Å². The Kier molecular flexibility index (Phi) is 8.36. The summed E-state index contributed by atoms with van der Waals surface area (Å²) >= 11 is 0. The van der Waals surface area contributed by atoms with E-state index in [1.54, 1.807) is 0 Å². The molecule has 0 spiro atoms. The normalized spacial score (nSPS) is 12.6. The van der Waals surface area contributed by atoms with E-state index in [1.807, 2.05) is 6.07 Å². The summed E-state index contributed by atoms with van der Waals surface area (Å²) in [6.07, 6.45) is 0. The molecule has 2 heterocycles. The summed E-state index contributed by atoms with van der Waals surface area (Å²) in [5.41, 5.74) is 14.7. The highest BCUT2D eigenvalue weighted by Gasteiger charge is 2.48. The van der Waals surface area contributed by atoms with Crippen LogP contribution in [0.15, 0.2) is 231 Å². The molecule has 0 aliphatic heterocycles. The van der Waals surface area contributed by atoms with Crippen LogP contribution in [0.3, 0.4) is 0 Å². The number of aromatic nitrogens is 4. The molecule has 1 aliphatic rings. The Labute approximate surface area is 360 Å². The van der Waals surface area contributed by atoms with Gasteiger partial charge in [-0.25, -0.2) is 15.0 Å². The van der Waals surface area contributed by atoms with Crippen molar-refractivity contribution in [1.82, 2.24) is 19.5 Å². The Bertz CT molecular complexity index is 3420. The maximum atomic E-state index is 5.61. The van der Waals surface area contributed by atoms with E-state index in [1.165, 1.54) is 33.0 Å². The zero-order valence-corrected chi connectivity index (χ0v) is 33.7. The van der Waals surface area contributed by atoms with Crippen LogP contribution in [0.2, 0.25) is 0 Å². The fraction of sp³-hybridized carbons (Fsp3) is 0.0172. The first-order chi connectivity index (χ1) is 30.8. The second kappa shape index (κ2) is 14.5. The molecule has 9 aromatic carbocycles. The molecule has 4 heteroatoms. The van der Waals surface area contributed by atoms with E-state index in [9.17, 15) is 0 Å². The summed E-state index contributed by atoms with van der Waals surface area (Å²) in [5.74, 6) is 1.91. The summed E-state index contributed by atoms with van der Waals surface area (Å²) in [5, 5.41) is 2.44. The van der Waals surface area contributed by atoms with Crippen molar-refractivity contribution in [3.63, 3.8) is 0 Å². The van der Waals surface area contributed by atoms with Gasteiger partial charge < -0.3 is 4.57 Å². The first-order valence-corrected chi connectivity index (χ1v) is 21.1. The largest absolute Gasteiger partial charge is 0.309 e. The van der Waals surface area contributed by atoms with Crippen LogP contribution in [-0.2, 0) is 5.41 Å². The van der Waals surface area contributed by atoms with Crippen LogP contribution in [0, 0.1) is 0 Å². The van der Waals surface area contributed by atoms with Gasteiger partial charge in [0.05, 0.1) is 11.0 Å². The molecule has 1 aliphatic carbocycles. The van der Waals surface area contributed by atoms with Crippen molar-refractivity contribution >= 4 is 21.8 Å². The third-order valence-electron chi connectivity index (χ3n) is 12.5. The highest BCUT2D eigenvalue weighted by Crippen LogP contribution is 2.55. The van der Waals surface area contributed by atoms with Crippen LogP contribution < -0.4 is 0 Å². The van der Waals surface area contributed by atoms with Crippen molar-refractivity contribution in [2.24, 2.45) is 0 Å². The number of nitrogens with zero attached hydrogens (tertiary/aromatic N) is 4. The van der Waals surface area contributed by atoms with Crippen LogP contribution in [0.25, 0.3) is 83.6 Å². The van der Waals surface area contributed by atoms with Crippen LogP contribution >= 0.6 is 0 Å². The van der Waals surface area contributed by atoms with Gasteiger partial charge in [-0.3, -0.25) is 0 Å². The van der Waals surface area contributed by atoms with E-state index >= 15 is 0 Å². The maximum absolute atomic E-state index is 5.61. The average molecular weight is 791 g/mol. The molecule has 0 saturated heterocycles. The molecule has 0 N–H and O–H groups in total. The van der Waals surface area contributed by atoms with Crippen molar-refractivity contribution < 1.29 is 0 Å². The Morgan fingerprint density at radius 3 is 1.55 bits per heavy atom. The van der Waals surface area contributed by atoms with Gasteiger partial charge in [0.1, 0.15) is 5.41 Å². The van der Waals surface area contributed by atoms with E-state index in [2.05, 4.69) is 229 Å². The third-order valence-corrected chi connectivity index (χ3v) is 12.5. The predicted octanol–water partition coefficient (Wildman–Crippen LogP) is 14.0. The second-order valence-electron chi connectivity index (χ2n) is 15.9. The molecule has 0 bridgehead atoms. The fourth-order valence-corrected chi connectivity index (χ4v) is 9.81. The van der Waals surface area contributed by atoms with Crippen molar-refractivity contribution in [2.75, 3.05) is 0 Å². The molecular weight excluding hydrogens is 753 g/mol. The summed E-state index contributed by atoms with van der Waals surface area (Å²) in [6.45, 7) is 0. The second-order valence-corrected chi connectivity index (χ2v) is 15.9. The summed E-state index contributed by atoms with van der Waals surface area (Å²) in [7, 11) is 0. The standard InChI is InChI=1S/C58H38N4/c1-4-19-39(20-5-1)41-23-16-24-42(37-41)55-59-56(61-57(60-55)58(44-26-8-3-9-27-44)50-33-13-10-29-47(50)48-30-11-14-34-51(48)58)43-25-17-28-45(38-43)62-52-35-15-12-31-49(52)54-46(32-18-36-53(54)62)40-21-6-2-7-22-40/h1-38H. The molecule has 11 aromatic rings. The van der Waals surface area contributed by atoms with Gasteiger partial charge in [-0.1, -0.05) is 200 Å². The first kappa shape index (κ1) is 35.7. The summed E-state index contributed by atoms with van der Waals surface area (Å²) in [6, 6.07) is 81.9. The Hall–Kier alpha value is -8.21. The number of para-hydroxylation sites is 1. The maximum Gasteiger partial charge on any atom is 0.163 e. The van der Waals surface area contributed by atoms with Crippen LogP contribution in [0.1, 0.15) is 22.5 Å². The lowest BCUT2D eigenvalue weighted by Crippen LogP contribution is -2.31. The predicted molar refractivity (Wildman–Crippen MR) is 253 cm³/mol. The minimum Gasteiger partial charge on any atom is -0.309 e. The molecule has 62 heavy (non-hydrogen) atoms. The van der Waals surface area contributed by atoms with Gasteiger partial charge in [0.2, 0.25) is 0 Å². The van der Waals surface area contributed by atoms with Crippen molar-refractivity contribution in [3.8, 4) is 61.8 Å². The monoisotopic (exact) mass is 790 g/mol. The zero-order chi connectivity index (χ0) is 41.0. The highest BCUT2D eigenvalue weighted by atomic mass is 15.1. The topological polar surface area (TPSA) is 43.6 Å². The van der Waals surface area contributed by atoms with Gasteiger partial charge in [0.25, 0.3) is 0 Å². The van der Waals surface area contributed by atoms with Crippen molar-refractivity contribution in [3.05, 3.63) is 253 Å². The summed E-state index contributed by atoms with van der Waals surface area (Å²) in [4.78, 5) is 16.6. The first-order valence-electron chi connectivity index (χ1n) is 21.1. The lowest BCUT2D eigenvalue weighted by Gasteiger charge is -2.32. The number of rotatable bonds is 7. The molecule has 0 saturated carbocycles. The molecule has 290 valence electrons. The third kappa shape index (κ3) is 5.58. The summed E-state index contributed by atoms with van der Waals surface area (Å²) < 4.78 is 2.38. The molecule has 0 atom stereocenters. The quantitative estimate of drug-likeness (QED) is 0.161. The minimum atomic E-state index is -0.809. The molecule has 0 amide bonds. The van der Waals surface area contributed by atoms with E-state index in [0.717, 1.165) is 55.7 Å². The van der Waals surface area contributed by atoms with Crippen molar-refractivity contribution in [2.45, 2.75) is 5.41 Å². The SMILES string of the molecule is c1ccc(-c2cccc(-c3nc(-c4cccc(-n5c6ccccc6c6c(-c7ccccc7)cccc65)c4)nc(C4(c5ccccc5)c5ccccc5-c5ccccc54)n3)c2)cc1. The number of hydrogen-bond acceptors (Lipinski definition) is 3. The number of hydrogen-bond donors (Lipinski definition) is 0. The zero-order valence-electron chi connectivity index (χ0n) is 33.7. The Morgan fingerprint density at radius 2 is 0.839 bits per heavy atom. The molecule has 0 unspecified atom stereocenters. The van der Waals surface area contributed by atoms with E-state index in [0.29, 0.717) is 17.5 Å². The van der Waals surface area contributed by atoms with E-state index < -0.39 is 5.41 Å². The van der Waals surface area contributed by atoms with Gasteiger partial charge in [0.15, 0.2) is 17.5 Å². The van der Waals surface area contributed by atoms with Gasteiger partial charge in [-0.2, -0.15) is 0 Å².